The average molecular weight is 820 g/mol. The number of aliphatic hydroxyl groups excluding tert-OH is 1. The Hall–Kier alpha value is -3.02. The van der Waals surface area contributed by atoms with Gasteiger partial charge in [0.2, 0.25) is 0 Å². The van der Waals surface area contributed by atoms with Crippen molar-refractivity contribution in [3.8, 4) is 0 Å². The predicted molar refractivity (Wildman–Crippen MR) is 206 cm³/mol. The number of halogens is 1. The van der Waals surface area contributed by atoms with E-state index < -0.39 is 29.0 Å². The van der Waals surface area contributed by atoms with Crippen molar-refractivity contribution in [3.05, 3.63) is 0 Å². The Morgan fingerprint density at radius 1 is 0.857 bits per heavy atom. The maximum atomic E-state index is 11.5. The van der Waals surface area contributed by atoms with E-state index in [1.807, 2.05) is 6.92 Å². The van der Waals surface area contributed by atoms with Gasteiger partial charge in [-0.15, -0.1) is 5.00 Å². The number of carbonyl (C=O) groups excluding carboxylic acids is 5. The number of fused-ring (bicyclic) bond motifs is 1. The van der Waals surface area contributed by atoms with E-state index in [1.165, 1.54) is 5.00 Å². The molecule has 0 spiro atoms. The molecular weight excluding hydrogens is 754 g/mol. The molecule has 17 heteroatoms. The number of ether oxygens (including phenoxy) is 3. The summed E-state index contributed by atoms with van der Waals surface area (Å²) in [6.45, 7) is 10.3. The number of ketones is 2. The van der Waals surface area contributed by atoms with Crippen molar-refractivity contribution < 1.29 is 63.2 Å². The highest BCUT2D eigenvalue weighted by Crippen LogP contribution is 2.38. The standard InChI is InChI=1S/C10H16O3.C9H14O3.C8H11NO2.C8H15NO2.C4H8O2.ClH2NO/c1-3-13-9(12)10(2)7-5-4-6-8(10)11;1-2-12-9(11)7-5-3-4-6-8(7)10;1-8-5-3-2-4-6(8)9-11-7(8)10;1-8(7(10)11)5-3-2-4-6(8)9;5-4-2-1-3-6-4;1-2-3/h3-7H2,1-2H3;7H,2-6H2,1H3;2-5H2,1H3;6H,2-5,9H2,1H3,(H,10,11);4-5H,1-3H2;2-3H/t;;;6-,8+;;/m...0../s1. The first-order chi connectivity index (χ1) is 26.5. The third-order valence-corrected chi connectivity index (χ3v) is 11.1. The monoisotopic (exact) mass is 819 g/mol. The van der Waals surface area contributed by atoms with Crippen molar-refractivity contribution in [2.45, 2.75) is 163 Å². The fourth-order valence-electron chi connectivity index (χ4n) is 7.10. The highest BCUT2D eigenvalue weighted by atomic mass is 35.5. The first-order valence-corrected chi connectivity index (χ1v) is 20.3. The fourth-order valence-corrected chi connectivity index (χ4v) is 7.10. The summed E-state index contributed by atoms with van der Waals surface area (Å²) in [5, 5.41) is 28.3. The number of nitrogens with zero attached hydrogens (tertiary/aromatic N) is 1. The van der Waals surface area contributed by atoms with Gasteiger partial charge in [-0.3, -0.25) is 24.0 Å². The van der Waals surface area contributed by atoms with Crippen LogP contribution in [0.3, 0.4) is 0 Å². The molecule has 56 heavy (non-hydrogen) atoms. The van der Waals surface area contributed by atoms with Crippen LogP contribution in [0.2, 0.25) is 0 Å². The minimum Gasteiger partial charge on any atom is -0.481 e. The first-order valence-electron chi connectivity index (χ1n) is 19.9. The molecule has 1 saturated heterocycles. The van der Waals surface area contributed by atoms with Gasteiger partial charge in [-0.2, -0.15) is 0 Å². The summed E-state index contributed by atoms with van der Waals surface area (Å²) in [7, 11) is 0. The molecule has 4 unspecified atom stereocenters. The molecule has 2 aliphatic heterocycles. The van der Waals surface area contributed by atoms with Gasteiger partial charge in [0.1, 0.15) is 28.3 Å². The number of Topliss-reactive ketones (excluding diaryl/α,β-unsaturated/α-hetero) is 2. The SMILES string of the molecule is CC12CCCCC1=NOC2=O.CCOC(=O)C1(C)CCCCC1=O.CCOC(=O)C1CCCCC1=O.C[C@@]1(C(=O)O)CCCC[C@@H]1N.OC1CCCO1.ONCl. The zero-order chi connectivity index (χ0) is 42.4. The molecule has 0 aromatic carbocycles. The predicted octanol–water partition coefficient (Wildman–Crippen LogP) is 5.70. The summed E-state index contributed by atoms with van der Waals surface area (Å²) in [5.74, 6) is -1.95. The number of aliphatic hydroxyl groups is 1. The Morgan fingerprint density at radius 2 is 1.45 bits per heavy atom. The number of nitrogens with one attached hydrogen (secondary N) is 1. The van der Waals surface area contributed by atoms with E-state index in [-0.39, 0.29) is 40.9 Å². The lowest BCUT2D eigenvalue weighted by Crippen LogP contribution is -2.47. The van der Waals surface area contributed by atoms with Crippen LogP contribution in [0.5, 0.6) is 0 Å². The van der Waals surface area contributed by atoms with Crippen molar-refractivity contribution >= 4 is 52.9 Å². The van der Waals surface area contributed by atoms with Crippen molar-refractivity contribution in [2.75, 3.05) is 19.8 Å². The molecule has 6 atom stereocenters. The molecule has 5 fully saturated rings. The topological polar surface area (TPSA) is 250 Å². The minimum atomic E-state index is -0.853. The van der Waals surface area contributed by atoms with Crippen molar-refractivity contribution in [1.29, 1.82) is 0 Å². The van der Waals surface area contributed by atoms with E-state index in [4.69, 9.17) is 35.4 Å². The van der Waals surface area contributed by atoms with Crippen LogP contribution >= 0.6 is 11.8 Å². The maximum Gasteiger partial charge on any atom is 0.346 e. The number of rotatable bonds is 5. The molecule has 322 valence electrons. The first kappa shape index (κ1) is 51.0. The molecule has 0 bridgehead atoms. The molecule has 4 saturated carbocycles. The van der Waals surface area contributed by atoms with Crippen molar-refractivity contribution in [1.82, 2.24) is 5.00 Å². The van der Waals surface area contributed by atoms with E-state index in [2.05, 4.69) is 21.8 Å². The van der Waals surface area contributed by atoms with Gasteiger partial charge in [0.25, 0.3) is 0 Å². The molecule has 0 amide bonds. The number of hydrogen-bond donors (Lipinski definition) is 5. The number of aliphatic carboxylic acids is 1. The maximum absolute atomic E-state index is 11.5. The second-order valence-corrected chi connectivity index (χ2v) is 15.5. The van der Waals surface area contributed by atoms with E-state index in [1.54, 1.807) is 27.7 Å². The second kappa shape index (κ2) is 26.1. The van der Waals surface area contributed by atoms with Gasteiger partial charge in [0.05, 0.1) is 24.3 Å². The van der Waals surface area contributed by atoms with Gasteiger partial charge < -0.3 is 40.2 Å². The smallest absolute Gasteiger partial charge is 0.346 e. The number of esters is 2. The largest absolute Gasteiger partial charge is 0.481 e. The van der Waals surface area contributed by atoms with Crippen LogP contribution in [-0.4, -0.2) is 88.7 Å². The lowest BCUT2D eigenvalue weighted by Gasteiger charge is -2.35. The van der Waals surface area contributed by atoms with E-state index in [9.17, 15) is 28.8 Å². The fraction of sp³-hybridized carbons (Fsp3) is 0.821. The number of carboxylic acid groups (broad SMARTS) is 1. The van der Waals surface area contributed by atoms with Crippen LogP contribution in [0, 0.1) is 22.2 Å². The third kappa shape index (κ3) is 15.7. The minimum absolute atomic E-state index is 0.0391. The summed E-state index contributed by atoms with van der Waals surface area (Å²) in [5.41, 5.74) is 4.80. The quantitative estimate of drug-likeness (QED) is 0.0734. The van der Waals surface area contributed by atoms with Crippen molar-refractivity contribution in [3.63, 3.8) is 0 Å². The third-order valence-electron chi connectivity index (χ3n) is 11.1. The van der Waals surface area contributed by atoms with Crippen LogP contribution in [-0.2, 0) is 47.8 Å². The number of nitrogens with two attached hydrogens (primary N) is 1. The summed E-state index contributed by atoms with van der Waals surface area (Å²) in [4.78, 5) is 73.3. The highest BCUT2D eigenvalue weighted by molar-refractivity contribution is 6.12. The lowest BCUT2D eigenvalue weighted by molar-refractivity contribution is -0.161. The zero-order valence-electron chi connectivity index (χ0n) is 33.9. The van der Waals surface area contributed by atoms with Crippen LogP contribution in [0.25, 0.3) is 0 Å². The molecule has 0 radical (unpaired) electrons. The lowest BCUT2D eigenvalue weighted by atomic mass is 9.72. The van der Waals surface area contributed by atoms with E-state index in [0.29, 0.717) is 38.9 Å². The summed E-state index contributed by atoms with van der Waals surface area (Å²) in [6, 6.07) is -0.159. The van der Waals surface area contributed by atoms with Crippen LogP contribution in [0.4, 0.5) is 0 Å². The van der Waals surface area contributed by atoms with Gasteiger partial charge in [-0.25, -0.2) is 4.79 Å². The Balaban J connectivity index is 0.000000348. The highest BCUT2D eigenvalue weighted by Gasteiger charge is 2.47. The number of hydrogen-bond acceptors (Lipinski definition) is 15. The second-order valence-electron chi connectivity index (χ2n) is 15.3. The summed E-state index contributed by atoms with van der Waals surface area (Å²) in [6.07, 6.45) is 15.3. The molecule has 6 rings (SSSR count). The van der Waals surface area contributed by atoms with Crippen LogP contribution in [0.1, 0.15) is 150 Å². The van der Waals surface area contributed by atoms with E-state index in [0.717, 1.165) is 102 Å². The Labute approximate surface area is 336 Å². The molecule has 2 heterocycles. The number of carboxylic acids is 1. The van der Waals surface area contributed by atoms with Gasteiger partial charge in [-0.05, 0) is 98.8 Å². The number of carbonyl (C=O) groups is 6. The molecule has 6 N–H and O–H groups in total. The van der Waals surface area contributed by atoms with Gasteiger partial charge in [0, 0.05) is 43.7 Å². The summed E-state index contributed by atoms with van der Waals surface area (Å²) < 4.78 is 14.4. The van der Waals surface area contributed by atoms with Gasteiger partial charge in [-0.1, -0.05) is 37.3 Å². The number of oxime groups is 1. The van der Waals surface area contributed by atoms with Gasteiger partial charge >= 0.3 is 23.9 Å². The Morgan fingerprint density at radius 3 is 1.93 bits per heavy atom. The molecule has 16 nitrogen and oxygen atoms in total. The summed E-state index contributed by atoms with van der Waals surface area (Å²) >= 11 is 4.30. The van der Waals surface area contributed by atoms with Crippen LogP contribution < -0.4 is 10.7 Å². The Bertz CT molecular complexity index is 1310. The molecular formula is C39H66ClN3O13. The average Bonchev–Trinajstić information content (AvgIpc) is 3.77. The molecule has 0 aromatic heterocycles. The van der Waals surface area contributed by atoms with E-state index >= 15 is 0 Å². The zero-order valence-corrected chi connectivity index (χ0v) is 34.7. The normalized spacial score (nSPS) is 30.4. The van der Waals surface area contributed by atoms with Crippen molar-refractivity contribution in [2.24, 2.45) is 33.1 Å². The van der Waals surface area contributed by atoms with Crippen LogP contribution in [0.15, 0.2) is 5.16 Å². The molecule has 6 aliphatic rings. The Kier molecular flexibility index (Phi) is 23.7. The molecule has 4 aliphatic carbocycles. The molecule has 0 aromatic rings. The van der Waals surface area contributed by atoms with Gasteiger partial charge in [0.15, 0.2) is 6.29 Å².